The van der Waals surface area contributed by atoms with E-state index in [2.05, 4.69) is 24.7 Å². The summed E-state index contributed by atoms with van der Waals surface area (Å²) in [7, 11) is 1.31. The Labute approximate surface area is 176 Å². The van der Waals surface area contributed by atoms with Crippen molar-refractivity contribution in [1.82, 2.24) is 29.4 Å². The van der Waals surface area contributed by atoms with Gasteiger partial charge in [0.15, 0.2) is 0 Å². The van der Waals surface area contributed by atoms with Gasteiger partial charge in [-0.1, -0.05) is 0 Å². The zero-order chi connectivity index (χ0) is 21.8. The molecule has 5 heterocycles. The largest absolute Gasteiger partial charge is 0.471 e. The minimum Gasteiger partial charge on any atom is -0.471 e. The molecular weight excluding hydrogens is 403 g/mol. The van der Waals surface area contributed by atoms with Gasteiger partial charge in [-0.25, -0.2) is 19.3 Å². The van der Waals surface area contributed by atoms with Gasteiger partial charge >= 0.3 is 0 Å². The molecule has 0 atom stereocenters. The van der Waals surface area contributed by atoms with E-state index in [0.29, 0.717) is 28.8 Å². The molecular formula is C21H21FN6O3. The maximum absolute atomic E-state index is 13.7. The van der Waals surface area contributed by atoms with Crippen LogP contribution in [0, 0.1) is 5.82 Å². The molecule has 1 N–H and O–H groups in total. The summed E-state index contributed by atoms with van der Waals surface area (Å²) in [5, 5.41) is 1.48. The quantitative estimate of drug-likeness (QED) is 0.505. The van der Waals surface area contributed by atoms with Crippen LogP contribution in [0.5, 0.6) is 0 Å². The molecule has 0 aliphatic carbocycles. The van der Waals surface area contributed by atoms with Crippen LogP contribution in [0.25, 0.3) is 33.3 Å². The van der Waals surface area contributed by atoms with E-state index in [4.69, 9.17) is 4.79 Å². The Morgan fingerprint density at radius 2 is 2.03 bits per heavy atom. The van der Waals surface area contributed by atoms with Crippen molar-refractivity contribution in [3.63, 3.8) is 0 Å². The lowest BCUT2D eigenvalue weighted by molar-refractivity contribution is -0.130. The van der Waals surface area contributed by atoms with Gasteiger partial charge in [0.2, 0.25) is 5.91 Å². The number of nitrogens with zero attached hydrogens (tertiary/aromatic N) is 5. The molecule has 1 saturated heterocycles. The second-order valence-electron chi connectivity index (χ2n) is 7.08. The third kappa shape index (κ3) is 4.09. The van der Waals surface area contributed by atoms with Gasteiger partial charge in [0, 0.05) is 41.8 Å². The van der Waals surface area contributed by atoms with Gasteiger partial charge in [0.1, 0.15) is 30.0 Å². The van der Waals surface area contributed by atoms with Crippen molar-refractivity contribution in [1.29, 1.82) is 0 Å². The third-order valence-electron chi connectivity index (χ3n) is 5.17. The number of carbonyl (C=O) groups excluding carboxylic acids is 2. The number of ether oxygens (including phenoxy) is 1. The number of aromatic nitrogens is 5. The highest BCUT2D eigenvalue weighted by atomic mass is 19.1. The molecule has 1 amide bonds. The number of pyridine rings is 1. The fourth-order valence-electron chi connectivity index (χ4n) is 3.73. The number of carbonyl (C=O) groups is 2. The van der Waals surface area contributed by atoms with E-state index in [-0.39, 0.29) is 12.5 Å². The van der Waals surface area contributed by atoms with Gasteiger partial charge in [-0.3, -0.25) is 9.59 Å². The summed E-state index contributed by atoms with van der Waals surface area (Å²) in [6.45, 7) is 2.28. The second kappa shape index (κ2) is 8.90. The maximum atomic E-state index is 13.7. The zero-order valence-corrected chi connectivity index (χ0v) is 16.9. The number of hydrogen-bond donors (Lipinski definition) is 1. The molecule has 4 aromatic rings. The highest BCUT2D eigenvalue weighted by Gasteiger charge is 2.20. The van der Waals surface area contributed by atoms with Crippen LogP contribution in [0.2, 0.25) is 0 Å². The average molecular weight is 424 g/mol. The van der Waals surface area contributed by atoms with E-state index in [1.165, 1.54) is 25.7 Å². The first-order valence-electron chi connectivity index (χ1n) is 9.79. The van der Waals surface area contributed by atoms with Crippen LogP contribution in [0.4, 0.5) is 4.39 Å². The fourth-order valence-corrected chi connectivity index (χ4v) is 3.73. The molecule has 0 radical (unpaired) electrons. The smallest absolute Gasteiger partial charge is 0.292 e. The van der Waals surface area contributed by atoms with E-state index < -0.39 is 5.82 Å². The van der Waals surface area contributed by atoms with E-state index >= 15 is 0 Å². The van der Waals surface area contributed by atoms with Crippen molar-refractivity contribution in [2.45, 2.75) is 19.4 Å². The number of amides is 1. The highest BCUT2D eigenvalue weighted by molar-refractivity contribution is 6.01. The Hall–Kier alpha value is -3.82. The number of methoxy groups -OCH3 is 1. The molecule has 0 spiro atoms. The van der Waals surface area contributed by atoms with Crippen molar-refractivity contribution >= 4 is 34.4 Å². The Kier molecular flexibility index (Phi) is 5.87. The number of fused-ring (bicyclic) bond motifs is 2. The van der Waals surface area contributed by atoms with Crippen LogP contribution in [0.3, 0.4) is 0 Å². The van der Waals surface area contributed by atoms with Crippen LogP contribution < -0.4 is 0 Å². The molecule has 0 aromatic carbocycles. The lowest BCUT2D eigenvalue weighted by Crippen LogP contribution is -2.30. The van der Waals surface area contributed by atoms with E-state index in [9.17, 15) is 9.18 Å². The van der Waals surface area contributed by atoms with Crippen LogP contribution in [0.1, 0.15) is 12.8 Å². The molecule has 4 aromatic heterocycles. The number of aromatic amines is 1. The van der Waals surface area contributed by atoms with Crippen LogP contribution >= 0.6 is 0 Å². The molecule has 0 bridgehead atoms. The lowest BCUT2D eigenvalue weighted by Gasteiger charge is -2.15. The van der Waals surface area contributed by atoms with Gasteiger partial charge in [-0.2, -0.15) is 0 Å². The van der Waals surface area contributed by atoms with Crippen LogP contribution in [-0.2, 0) is 20.9 Å². The minimum atomic E-state index is -0.401. The molecule has 9 nitrogen and oxygen atoms in total. The van der Waals surface area contributed by atoms with E-state index in [1.54, 1.807) is 6.20 Å². The maximum Gasteiger partial charge on any atom is 0.292 e. The summed E-state index contributed by atoms with van der Waals surface area (Å²) in [4.78, 5) is 39.2. The molecule has 10 heteroatoms. The van der Waals surface area contributed by atoms with Crippen molar-refractivity contribution in [3.8, 4) is 11.3 Å². The molecule has 5 rings (SSSR count). The molecule has 0 saturated carbocycles. The monoisotopic (exact) mass is 424 g/mol. The summed E-state index contributed by atoms with van der Waals surface area (Å²) in [5.74, 6) is -0.300. The van der Waals surface area contributed by atoms with Crippen LogP contribution in [0.15, 0.2) is 37.1 Å². The molecule has 0 unspecified atom stereocenters. The second-order valence-corrected chi connectivity index (χ2v) is 7.08. The zero-order valence-electron chi connectivity index (χ0n) is 16.9. The third-order valence-corrected chi connectivity index (χ3v) is 5.17. The van der Waals surface area contributed by atoms with Crippen LogP contribution in [-0.4, -0.2) is 62.0 Å². The predicted molar refractivity (Wildman–Crippen MR) is 111 cm³/mol. The van der Waals surface area contributed by atoms with Crippen molar-refractivity contribution in [2.24, 2.45) is 0 Å². The molecule has 1 aliphatic rings. The molecule has 160 valence electrons. The number of halogens is 1. The number of H-pyrrole nitrogens is 1. The van der Waals surface area contributed by atoms with Crippen molar-refractivity contribution in [3.05, 3.63) is 42.9 Å². The number of nitrogens with one attached hydrogen (secondary N) is 1. The summed E-state index contributed by atoms with van der Waals surface area (Å²) in [5.41, 5.74) is 2.73. The van der Waals surface area contributed by atoms with Gasteiger partial charge in [-0.05, 0) is 25.0 Å². The number of hydrogen-bond acceptors (Lipinski definition) is 6. The lowest BCUT2D eigenvalue weighted by atomic mass is 10.1. The molecule has 1 fully saturated rings. The first-order chi connectivity index (χ1) is 15.1. The number of likely N-dealkylation sites (tertiary alicyclic amines) is 1. The summed E-state index contributed by atoms with van der Waals surface area (Å²) < 4.78 is 19.4. The standard InChI is InChI=1S/C19H17FN6O.C2H4O2/c20-12-7-14-15(9-22-18(14)21-8-12)17-13-3-6-26(19(13)24-11-23-17)10-16(27)25-4-1-2-5-25;1-4-2-3/h3,6-9,11H,1-2,4-5,10H2,(H,21,22);2H,1H3. The number of rotatable bonds is 4. The average Bonchev–Trinajstić information content (AvgIpc) is 3.54. The van der Waals surface area contributed by atoms with Gasteiger partial charge in [0.05, 0.1) is 19.0 Å². The van der Waals surface area contributed by atoms with Crippen molar-refractivity contribution in [2.75, 3.05) is 20.2 Å². The summed E-state index contributed by atoms with van der Waals surface area (Å²) >= 11 is 0. The summed E-state index contributed by atoms with van der Waals surface area (Å²) in [6, 6.07) is 3.34. The Morgan fingerprint density at radius 1 is 1.26 bits per heavy atom. The normalized spacial score (nSPS) is 13.3. The Bertz CT molecular complexity index is 1230. The minimum absolute atomic E-state index is 0.100. The van der Waals surface area contributed by atoms with E-state index in [1.807, 2.05) is 21.7 Å². The predicted octanol–water partition coefficient (Wildman–Crippen LogP) is 2.53. The Morgan fingerprint density at radius 3 is 2.77 bits per heavy atom. The van der Waals surface area contributed by atoms with Gasteiger partial charge in [0.25, 0.3) is 6.47 Å². The molecule has 1 aliphatic heterocycles. The van der Waals surface area contributed by atoms with E-state index in [0.717, 1.165) is 36.9 Å². The highest BCUT2D eigenvalue weighted by Crippen LogP contribution is 2.31. The van der Waals surface area contributed by atoms with Gasteiger partial charge < -0.3 is 19.2 Å². The van der Waals surface area contributed by atoms with Crippen molar-refractivity contribution < 1.29 is 18.7 Å². The molecule has 31 heavy (non-hydrogen) atoms. The SMILES string of the molecule is COC=O.O=C(Cn1ccc2c(-c3c[nH]c4ncc(F)cc34)ncnc21)N1CCCC1. The first-order valence-corrected chi connectivity index (χ1v) is 9.79. The summed E-state index contributed by atoms with van der Waals surface area (Å²) in [6.07, 6.45) is 8.40. The Balaban J connectivity index is 0.000000535. The first kappa shape index (κ1) is 20.5. The fraction of sp³-hybridized carbons (Fsp3) is 0.286. The topological polar surface area (TPSA) is 106 Å². The van der Waals surface area contributed by atoms with Gasteiger partial charge in [-0.15, -0.1) is 0 Å².